The Balaban J connectivity index is 1.83. The lowest BCUT2D eigenvalue weighted by Gasteiger charge is -2.32. The molecule has 2 aromatic rings. The molecule has 1 aromatic heterocycles. The molecule has 6 nitrogen and oxygen atoms in total. The molecule has 120 valence electrons. The van der Waals surface area contributed by atoms with Crippen molar-refractivity contribution in [2.24, 2.45) is 0 Å². The minimum atomic E-state index is -1.08. The number of carbonyl (C=O) groups is 2. The summed E-state index contributed by atoms with van der Waals surface area (Å²) in [6.07, 6.45) is 0. The highest BCUT2D eigenvalue weighted by atomic mass is 35.5. The Labute approximate surface area is 141 Å². The molecule has 1 N–H and O–H groups in total. The first-order valence-electron chi connectivity index (χ1n) is 6.89. The molecule has 0 unspecified atom stereocenters. The van der Waals surface area contributed by atoms with Gasteiger partial charge < -0.3 is 14.7 Å². The molecule has 1 amide bonds. The van der Waals surface area contributed by atoms with Gasteiger partial charge >= 0.3 is 5.97 Å². The summed E-state index contributed by atoms with van der Waals surface area (Å²) in [6.45, 7) is 0.558. The quantitative estimate of drug-likeness (QED) is 0.917. The van der Waals surface area contributed by atoms with Crippen LogP contribution in [0, 0.1) is 0 Å². The van der Waals surface area contributed by atoms with Gasteiger partial charge in [0.1, 0.15) is 10.7 Å². The summed E-state index contributed by atoms with van der Waals surface area (Å²) in [4.78, 5) is 29.4. The Kier molecular flexibility index (Phi) is 4.61. The number of benzene rings is 1. The summed E-state index contributed by atoms with van der Waals surface area (Å²) in [5.41, 5.74) is 1.10. The normalized spacial score (nSPS) is 18.0. The lowest BCUT2D eigenvalue weighted by Crippen LogP contribution is -2.52. The molecule has 0 bridgehead atoms. The van der Waals surface area contributed by atoms with E-state index in [0.29, 0.717) is 16.6 Å². The summed E-state index contributed by atoms with van der Waals surface area (Å²) in [6, 6.07) is 6.18. The van der Waals surface area contributed by atoms with Crippen molar-refractivity contribution >= 4 is 34.8 Å². The third-order valence-electron chi connectivity index (χ3n) is 3.49. The summed E-state index contributed by atoms with van der Waals surface area (Å²) >= 11 is 7.19. The van der Waals surface area contributed by atoms with Gasteiger partial charge in [0.05, 0.1) is 13.2 Å². The second-order valence-electron chi connectivity index (χ2n) is 4.97. The van der Waals surface area contributed by atoms with Crippen LogP contribution < -0.4 is 0 Å². The largest absolute Gasteiger partial charge is 0.480 e. The van der Waals surface area contributed by atoms with Crippen LogP contribution in [0.3, 0.4) is 0 Å². The van der Waals surface area contributed by atoms with Gasteiger partial charge in [0.25, 0.3) is 5.91 Å². The smallest absolute Gasteiger partial charge is 0.328 e. The summed E-state index contributed by atoms with van der Waals surface area (Å²) < 4.78 is 5.14. The lowest BCUT2D eigenvalue weighted by atomic mass is 10.2. The van der Waals surface area contributed by atoms with Gasteiger partial charge in [0, 0.05) is 22.5 Å². The van der Waals surface area contributed by atoms with Crippen molar-refractivity contribution in [3.05, 3.63) is 40.4 Å². The van der Waals surface area contributed by atoms with Crippen molar-refractivity contribution in [2.45, 2.75) is 6.04 Å². The number of carbonyl (C=O) groups excluding carboxylic acids is 1. The van der Waals surface area contributed by atoms with Crippen molar-refractivity contribution in [1.82, 2.24) is 9.88 Å². The number of carboxylic acids is 1. The Bertz CT molecular complexity index is 731. The number of thiazole rings is 1. The van der Waals surface area contributed by atoms with Crippen LogP contribution in [0.2, 0.25) is 5.02 Å². The SMILES string of the molecule is O=C(O)[C@@H]1COCCN1C(=O)c1csc(-c2ccc(Cl)cc2)n1. The van der Waals surface area contributed by atoms with E-state index < -0.39 is 17.9 Å². The van der Waals surface area contributed by atoms with Gasteiger partial charge in [-0.05, 0) is 12.1 Å². The molecule has 1 aromatic carbocycles. The number of amides is 1. The van der Waals surface area contributed by atoms with Crippen molar-refractivity contribution in [3.8, 4) is 10.6 Å². The van der Waals surface area contributed by atoms with E-state index in [2.05, 4.69) is 4.98 Å². The first-order valence-corrected chi connectivity index (χ1v) is 8.15. The predicted molar refractivity (Wildman–Crippen MR) is 85.8 cm³/mol. The molecule has 0 aliphatic carbocycles. The van der Waals surface area contributed by atoms with Crippen LogP contribution in [0.15, 0.2) is 29.6 Å². The molecule has 1 aliphatic heterocycles. The summed E-state index contributed by atoms with van der Waals surface area (Å²) in [7, 11) is 0. The van der Waals surface area contributed by atoms with Gasteiger partial charge in [0.2, 0.25) is 0 Å². The number of carboxylic acid groups (broad SMARTS) is 1. The minimum Gasteiger partial charge on any atom is -0.480 e. The number of hydrogen-bond donors (Lipinski definition) is 1. The molecule has 1 aliphatic rings. The highest BCUT2D eigenvalue weighted by Gasteiger charge is 2.34. The molecule has 0 spiro atoms. The number of ether oxygens (including phenoxy) is 1. The molecule has 1 atom stereocenters. The standard InChI is InChI=1S/C15H13ClN2O4S/c16-10-3-1-9(2-4-10)13-17-11(8-23-13)14(19)18-5-6-22-7-12(18)15(20)21/h1-4,8,12H,5-7H2,(H,20,21)/t12-/m0/s1. The number of halogens is 1. The van der Waals surface area contributed by atoms with Crippen LogP contribution in [0.4, 0.5) is 0 Å². The van der Waals surface area contributed by atoms with Gasteiger partial charge in [0.15, 0.2) is 6.04 Å². The Morgan fingerprint density at radius 3 is 2.78 bits per heavy atom. The maximum Gasteiger partial charge on any atom is 0.328 e. The maximum absolute atomic E-state index is 12.5. The molecule has 2 heterocycles. The molecule has 23 heavy (non-hydrogen) atoms. The molecule has 3 rings (SSSR count). The summed E-state index contributed by atoms with van der Waals surface area (Å²) in [5, 5.41) is 12.2. The molecule has 8 heteroatoms. The topological polar surface area (TPSA) is 79.7 Å². The number of aliphatic carboxylic acids is 1. The average Bonchev–Trinajstić information content (AvgIpc) is 3.04. The van der Waals surface area contributed by atoms with Crippen LogP contribution in [0.1, 0.15) is 10.5 Å². The van der Waals surface area contributed by atoms with E-state index in [9.17, 15) is 14.7 Å². The zero-order chi connectivity index (χ0) is 16.4. The molecular weight excluding hydrogens is 340 g/mol. The molecule has 0 saturated carbocycles. The zero-order valence-corrected chi connectivity index (χ0v) is 13.5. The van der Waals surface area contributed by atoms with Crippen molar-refractivity contribution in [3.63, 3.8) is 0 Å². The lowest BCUT2D eigenvalue weighted by molar-refractivity contribution is -0.147. The van der Waals surface area contributed by atoms with Crippen molar-refractivity contribution in [2.75, 3.05) is 19.8 Å². The fraction of sp³-hybridized carbons (Fsp3) is 0.267. The van der Waals surface area contributed by atoms with Crippen LogP contribution in [0.25, 0.3) is 10.6 Å². The zero-order valence-electron chi connectivity index (χ0n) is 11.9. The van der Waals surface area contributed by atoms with Gasteiger partial charge in [-0.25, -0.2) is 9.78 Å². The van der Waals surface area contributed by atoms with Crippen LogP contribution >= 0.6 is 22.9 Å². The van der Waals surface area contributed by atoms with E-state index in [1.807, 2.05) is 12.1 Å². The second-order valence-corrected chi connectivity index (χ2v) is 6.27. The number of hydrogen-bond acceptors (Lipinski definition) is 5. The first kappa shape index (κ1) is 15.9. The van der Waals surface area contributed by atoms with E-state index in [1.165, 1.54) is 16.2 Å². The van der Waals surface area contributed by atoms with E-state index in [0.717, 1.165) is 5.56 Å². The minimum absolute atomic E-state index is 0.00471. The number of nitrogens with zero attached hydrogens (tertiary/aromatic N) is 2. The van der Waals surface area contributed by atoms with E-state index >= 15 is 0 Å². The van der Waals surface area contributed by atoms with E-state index in [1.54, 1.807) is 17.5 Å². The molecule has 1 fully saturated rings. The monoisotopic (exact) mass is 352 g/mol. The number of rotatable bonds is 3. The molecule has 0 radical (unpaired) electrons. The highest BCUT2D eigenvalue weighted by molar-refractivity contribution is 7.13. The van der Waals surface area contributed by atoms with Gasteiger partial charge in [-0.3, -0.25) is 4.79 Å². The van der Waals surface area contributed by atoms with Crippen LogP contribution in [-0.4, -0.2) is 52.7 Å². The maximum atomic E-state index is 12.5. The molecule has 1 saturated heterocycles. The number of morpholine rings is 1. The van der Waals surface area contributed by atoms with Gasteiger partial charge in [-0.15, -0.1) is 11.3 Å². The van der Waals surface area contributed by atoms with Gasteiger partial charge in [-0.2, -0.15) is 0 Å². The van der Waals surface area contributed by atoms with Crippen molar-refractivity contribution in [1.29, 1.82) is 0 Å². The number of aromatic nitrogens is 1. The molecular formula is C15H13ClN2O4S. The second kappa shape index (κ2) is 6.66. The van der Waals surface area contributed by atoms with Crippen LogP contribution in [0.5, 0.6) is 0 Å². The third kappa shape index (κ3) is 3.36. The predicted octanol–water partition coefficient (Wildman–Crippen LogP) is 2.39. The first-order chi connectivity index (χ1) is 11.1. The highest BCUT2D eigenvalue weighted by Crippen LogP contribution is 2.26. The van der Waals surface area contributed by atoms with E-state index in [-0.39, 0.29) is 18.8 Å². The fourth-order valence-electron chi connectivity index (χ4n) is 2.30. The van der Waals surface area contributed by atoms with E-state index in [4.69, 9.17) is 16.3 Å². The Hall–Kier alpha value is -1.96. The Morgan fingerprint density at radius 2 is 2.09 bits per heavy atom. The van der Waals surface area contributed by atoms with Crippen LogP contribution in [-0.2, 0) is 9.53 Å². The van der Waals surface area contributed by atoms with Crippen molar-refractivity contribution < 1.29 is 19.4 Å². The average molecular weight is 353 g/mol. The van der Waals surface area contributed by atoms with Gasteiger partial charge in [-0.1, -0.05) is 23.7 Å². The Morgan fingerprint density at radius 1 is 1.35 bits per heavy atom. The third-order valence-corrected chi connectivity index (χ3v) is 4.63. The fourth-order valence-corrected chi connectivity index (χ4v) is 3.22. The summed E-state index contributed by atoms with van der Waals surface area (Å²) in [5.74, 6) is -1.47.